The number of rotatable bonds is 5. The van der Waals surface area contributed by atoms with Crippen LogP contribution in [0.15, 0.2) is 59.6 Å². The van der Waals surface area contributed by atoms with Crippen LogP contribution in [-0.2, 0) is 14.7 Å². The van der Waals surface area contributed by atoms with Crippen molar-refractivity contribution in [3.8, 4) is 11.5 Å². The van der Waals surface area contributed by atoms with Gasteiger partial charge < -0.3 is 9.47 Å². The lowest BCUT2D eigenvalue weighted by atomic mass is 10.1. The Balaban J connectivity index is 1.66. The first-order valence-electron chi connectivity index (χ1n) is 7.43. The van der Waals surface area contributed by atoms with Gasteiger partial charge >= 0.3 is 6.36 Å². The van der Waals surface area contributed by atoms with Crippen LogP contribution >= 0.6 is 0 Å². The minimum atomic E-state index is -4.76. The molecule has 1 atom stereocenters. The maximum Gasteiger partial charge on any atom is 0.573 e. The number of alkyl halides is 3. The Morgan fingerprint density at radius 3 is 2.33 bits per heavy atom. The number of nitrogens with one attached hydrogen (secondary N) is 1. The van der Waals surface area contributed by atoms with Gasteiger partial charge in [0.1, 0.15) is 17.6 Å². The first-order valence-corrected chi connectivity index (χ1v) is 9.32. The van der Waals surface area contributed by atoms with E-state index in [-0.39, 0.29) is 22.4 Å². The number of ether oxygens (including phenoxy) is 2. The van der Waals surface area contributed by atoms with Gasteiger partial charge in [-0.2, -0.15) is 0 Å². The molecule has 144 valence electrons. The van der Waals surface area contributed by atoms with Crippen LogP contribution in [0.1, 0.15) is 11.7 Å². The second-order valence-electron chi connectivity index (χ2n) is 5.49. The third-order valence-corrected chi connectivity index (χ3v) is 4.35. The Morgan fingerprint density at radius 1 is 1.11 bits per heavy atom. The molecule has 0 spiro atoms. The average molecular weight is 402 g/mol. The van der Waals surface area contributed by atoms with Gasteiger partial charge in [-0.3, -0.25) is 4.84 Å². The van der Waals surface area contributed by atoms with Gasteiger partial charge in [-0.1, -0.05) is 12.1 Å². The zero-order valence-corrected chi connectivity index (χ0v) is 14.5. The molecule has 0 saturated heterocycles. The zero-order chi connectivity index (χ0) is 19.7. The van der Waals surface area contributed by atoms with Crippen molar-refractivity contribution in [1.29, 1.82) is 0 Å². The van der Waals surface area contributed by atoms with E-state index in [1.165, 1.54) is 42.6 Å². The fourth-order valence-electron chi connectivity index (χ4n) is 2.18. The highest BCUT2D eigenvalue weighted by Gasteiger charge is 2.31. The highest BCUT2D eigenvalue weighted by atomic mass is 32.2. The van der Waals surface area contributed by atoms with E-state index >= 15 is 0 Å². The Kier molecular flexibility index (Phi) is 4.98. The summed E-state index contributed by atoms with van der Waals surface area (Å²) in [4.78, 5) is 9.09. The van der Waals surface area contributed by atoms with Gasteiger partial charge in [0, 0.05) is 12.3 Å². The molecule has 0 fully saturated rings. The lowest BCUT2D eigenvalue weighted by Crippen LogP contribution is -2.17. The second-order valence-corrected chi connectivity index (χ2v) is 7.46. The van der Waals surface area contributed by atoms with E-state index in [1.54, 1.807) is 6.08 Å². The molecule has 3 rings (SSSR count). The fraction of sp³-hybridized carbons (Fsp3) is 0.188. The van der Waals surface area contributed by atoms with Crippen molar-refractivity contribution >= 4 is 9.84 Å². The van der Waals surface area contributed by atoms with Gasteiger partial charge in [-0.05, 0) is 29.8 Å². The van der Waals surface area contributed by atoms with Crippen LogP contribution in [0.4, 0.5) is 13.2 Å². The number of nitrogens with zero attached hydrogens (tertiary/aromatic N) is 1. The molecule has 1 aromatic heterocycles. The van der Waals surface area contributed by atoms with Crippen molar-refractivity contribution in [2.24, 2.45) is 0 Å². The molecule has 1 N–H and O–H groups in total. The summed E-state index contributed by atoms with van der Waals surface area (Å²) >= 11 is 0. The lowest BCUT2D eigenvalue weighted by Gasteiger charge is -2.11. The van der Waals surface area contributed by atoms with Gasteiger partial charge in [0.25, 0.3) is 0 Å². The summed E-state index contributed by atoms with van der Waals surface area (Å²) in [6.45, 7) is 0. The van der Waals surface area contributed by atoms with Crippen molar-refractivity contribution in [3.63, 3.8) is 0 Å². The molecule has 7 nitrogen and oxygen atoms in total. The molecular weight excluding hydrogens is 389 g/mol. The molecule has 1 aliphatic rings. The topological polar surface area (TPSA) is 86.8 Å². The molecule has 1 unspecified atom stereocenters. The Hall–Kier alpha value is -2.79. The number of pyridine rings is 1. The number of sulfone groups is 1. The standard InChI is InChI=1S/C16H13F3N2O5S/c1-27(22,23)15-7-6-12(9-20-15)24-14-8-13(26-21-14)10-2-4-11(5-3-10)25-16(17,18)19/h2-9,13,21H,1H3. The van der Waals surface area contributed by atoms with Crippen LogP contribution in [0.5, 0.6) is 11.5 Å². The van der Waals surface area contributed by atoms with E-state index in [1.807, 2.05) is 0 Å². The van der Waals surface area contributed by atoms with Crippen LogP contribution in [0.25, 0.3) is 0 Å². The van der Waals surface area contributed by atoms with E-state index < -0.39 is 22.3 Å². The molecule has 2 heterocycles. The smallest absolute Gasteiger partial charge is 0.438 e. The maximum atomic E-state index is 12.2. The summed E-state index contributed by atoms with van der Waals surface area (Å²) in [7, 11) is -3.41. The van der Waals surface area contributed by atoms with Crippen molar-refractivity contribution in [1.82, 2.24) is 10.5 Å². The van der Waals surface area contributed by atoms with Gasteiger partial charge in [-0.25, -0.2) is 18.9 Å². The summed E-state index contributed by atoms with van der Waals surface area (Å²) < 4.78 is 68.5. The second kappa shape index (κ2) is 7.08. The molecule has 0 radical (unpaired) electrons. The zero-order valence-electron chi connectivity index (χ0n) is 13.7. The molecule has 27 heavy (non-hydrogen) atoms. The molecule has 0 bridgehead atoms. The molecule has 1 aliphatic heterocycles. The summed E-state index contributed by atoms with van der Waals surface area (Å²) in [6.07, 6.45) is -1.50. The summed E-state index contributed by atoms with van der Waals surface area (Å²) in [5.74, 6) is 0.165. The van der Waals surface area contributed by atoms with Gasteiger partial charge in [0.15, 0.2) is 14.9 Å². The molecule has 0 amide bonds. The van der Waals surface area contributed by atoms with Crippen molar-refractivity contribution in [2.75, 3.05) is 6.26 Å². The maximum absolute atomic E-state index is 12.2. The highest BCUT2D eigenvalue weighted by molar-refractivity contribution is 7.90. The van der Waals surface area contributed by atoms with Crippen LogP contribution in [0.2, 0.25) is 0 Å². The van der Waals surface area contributed by atoms with Crippen LogP contribution in [-0.4, -0.2) is 26.0 Å². The quantitative estimate of drug-likeness (QED) is 0.823. The third-order valence-electron chi connectivity index (χ3n) is 3.35. The molecule has 0 saturated carbocycles. The largest absolute Gasteiger partial charge is 0.573 e. The number of hydrogen-bond acceptors (Lipinski definition) is 7. The van der Waals surface area contributed by atoms with E-state index in [0.29, 0.717) is 5.56 Å². The summed E-state index contributed by atoms with van der Waals surface area (Å²) in [6, 6.07) is 7.93. The van der Waals surface area contributed by atoms with Crippen molar-refractivity contribution in [2.45, 2.75) is 17.5 Å². The van der Waals surface area contributed by atoms with Gasteiger partial charge in [0.2, 0.25) is 5.88 Å². The highest BCUT2D eigenvalue weighted by Crippen LogP contribution is 2.29. The SMILES string of the molecule is CS(=O)(=O)c1ccc(OC2=CC(c3ccc(OC(F)(F)F)cc3)ON2)cn1. The number of hydroxylamine groups is 1. The fourth-order valence-corrected chi connectivity index (χ4v) is 2.74. The molecule has 1 aromatic carbocycles. The normalized spacial score (nSPS) is 17.2. The van der Waals surface area contributed by atoms with E-state index in [2.05, 4.69) is 15.2 Å². The minimum absolute atomic E-state index is 0.0847. The molecular formula is C16H13F3N2O5S. The summed E-state index contributed by atoms with van der Waals surface area (Å²) in [5.41, 5.74) is 3.10. The summed E-state index contributed by atoms with van der Waals surface area (Å²) in [5, 5.41) is -0.0847. The number of hydrogen-bond donors (Lipinski definition) is 1. The van der Waals surface area contributed by atoms with E-state index in [0.717, 1.165) is 6.26 Å². The van der Waals surface area contributed by atoms with Gasteiger partial charge in [0.05, 0.1) is 6.20 Å². The number of aromatic nitrogens is 1. The van der Waals surface area contributed by atoms with Crippen LogP contribution in [0, 0.1) is 0 Å². The Morgan fingerprint density at radius 2 is 1.78 bits per heavy atom. The predicted octanol–water partition coefficient (Wildman–Crippen LogP) is 2.88. The number of halogens is 3. The van der Waals surface area contributed by atoms with E-state index in [4.69, 9.17) is 9.57 Å². The Bertz CT molecular complexity index is 942. The predicted molar refractivity (Wildman–Crippen MR) is 86.1 cm³/mol. The van der Waals surface area contributed by atoms with Crippen molar-refractivity contribution in [3.05, 3.63) is 60.1 Å². The van der Waals surface area contributed by atoms with Crippen molar-refractivity contribution < 1.29 is 35.9 Å². The van der Waals surface area contributed by atoms with Crippen LogP contribution < -0.4 is 15.0 Å². The van der Waals surface area contributed by atoms with E-state index in [9.17, 15) is 21.6 Å². The lowest BCUT2D eigenvalue weighted by molar-refractivity contribution is -0.274. The molecule has 11 heteroatoms. The number of benzene rings is 1. The monoisotopic (exact) mass is 402 g/mol. The van der Waals surface area contributed by atoms with Crippen LogP contribution in [0.3, 0.4) is 0 Å². The third kappa shape index (κ3) is 5.11. The first-order chi connectivity index (χ1) is 12.6. The Labute approximate surface area is 152 Å². The molecule has 2 aromatic rings. The molecule has 0 aliphatic carbocycles. The minimum Gasteiger partial charge on any atom is -0.438 e. The first kappa shape index (κ1) is 19.0. The average Bonchev–Trinajstić information content (AvgIpc) is 3.02. The van der Waals surface area contributed by atoms with Gasteiger partial charge in [-0.15, -0.1) is 13.2 Å².